The van der Waals surface area contributed by atoms with Crippen molar-refractivity contribution in [3.05, 3.63) is 78.9 Å². The number of hydrogen-bond donors (Lipinski definition) is 1. The standard InChI is InChI=1S/C35H41N3O6/c1-5-23(3)27(22-39)38-30-33(42)37(25-14-16-26(43-4)17-15-25)21-11-19-35(30)29(32(38)41)28-31(40)36(24-12-8-7-9-13-24)20-10-18-34(28,6-2)44-35/h7-19,23,27-30,39H,5-6,20-22H2,1-4H3/t23-,27-,28+,29-,30?,34-,35-/m0/s1. The van der Waals surface area contributed by atoms with Gasteiger partial charge in [-0.1, -0.05) is 69.7 Å². The quantitative estimate of drug-likeness (QED) is 0.461. The zero-order valence-corrected chi connectivity index (χ0v) is 25.8. The van der Waals surface area contributed by atoms with Gasteiger partial charge in [-0.25, -0.2) is 0 Å². The van der Waals surface area contributed by atoms with Crippen molar-refractivity contribution in [3.63, 3.8) is 0 Å². The van der Waals surface area contributed by atoms with E-state index in [4.69, 9.17) is 9.47 Å². The predicted molar refractivity (Wildman–Crippen MR) is 167 cm³/mol. The highest BCUT2D eigenvalue weighted by molar-refractivity contribution is 6.07. The number of aliphatic hydroxyl groups is 1. The van der Waals surface area contributed by atoms with E-state index in [-0.39, 0.29) is 36.8 Å². The molecule has 1 N–H and O–H groups in total. The van der Waals surface area contributed by atoms with Gasteiger partial charge >= 0.3 is 0 Å². The van der Waals surface area contributed by atoms with Gasteiger partial charge < -0.3 is 29.3 Å². The molecule has 9 nitrogen and oxygen atoms in total. The summed E-state index contributed by atoms with van der Waals surface area (Å²) in [5, 5.41) is 10.7. The van der Waals surface area contributed by atoms with E-state index in [9.17, 15) is 19.5 Å². The number of benzene rings is 2. The van der Waals surface area contributed by atoms with Crippen LogP contribution in [-0.4, -0.2) is 77.8 Å². The molecule has 0 aromatic heterocycles. The Bertz CT molecular complexity index is 1480. The Hall–Kier alpha value is -3.95. The Morgan fingerprint density at radius 1 is 0.886 bits per heavy atom. The number of nitrogens with zero attached hydrogens (tertiary/aromatic N) is 3. The zero-order chi connectivity index (χ0) is 31.2. The molecule has 0 bridgehead atoms. The van der Waals surface area contributed by atoms with E-state index in [0.717, 1.165) is 5.69 Å². The van der Waals surface area contributed by atoms with Crippen LogP contribution < -0.4 is 14.5 Å². The number of rotatable bonds is 8. The first-order valence-corrected chi connectivity index (χ1v) is 15.6. The molecule has 0 aliphatic carbocycles. The molecule has 232 valence electrons. The lowest BCUT2D eigenvalue weighted by Crippen LogP contribution is -2.60. The third-order valence-electron chi connectivity index (χ3n) is 10.2. The van der Waals surface area contributed by atoms with Gasteiger partial charge in [0.15, 0.2) is 0 Å². The van der Waals surface area contributed by atoms with Gasteiger partial charge in [0.2, 0.25) is 11.8 Å². The number of ether oxygens (including phenoxy) is 2. The molecule has 4 aliphatic heterocycles. The van der Waals surface area contributed by atoms with Crippen LogP contribution in [0.4, 0.5) is 11.4 Å². The van der Waals surface area contributed by atoms with Gasteiger partial charge in [0.25, 0.3) is 5.91 Å². The van der Waals surface area contributed by atoms with Crippen LogP contribution in [0.3, 0.4) is 0 Å². The van der Waals surface area contributed by atoms with Crippen LogP contribution in [-0.2, 0) is 19.1 Å². The molecule has 4 heterocycles. The number of likely N-dealkylation sites (tertiary alicyclic amines) is 1. The molecule has 7 atom stereocenters. The Morgan fingerprint density at radius 2 is 1.52 bits per heavy atom. The number of carbonyl (C=O) groups excluding carboxylic acids is 3. The van der Waals surface area contributed by atoms with Crippen molar-refractivity contribution in [1.82, 2.24) is 4.90 Å². The van der Waals surface area contributed by atoms with Crippen LogP contribution in [0.2, 0.25) is 0 Å². The van der Waals surface area contributed by atoms with Crippen LogP contribution >= 0.6 is 0 Å². The van der Waals surface area contributed by atoms with E-state index in [2.05, 4.69) is 0 Å². The molecule has 2 aromatic carbocycles. The molecule has 1 spiro atoms. The maximum atomic E-state index is 14.9. The highest BCUT2D eigenvalue weighted by atomic mass is 16.5. The second-order valence-electron chi connectivity index (χ2n) is 12.2. The van der Waals surface area contributed by atoms with Crippen molar-refractivity contribution < 1.29 is 29.0 Å². The molecule has 6 rings (SSSR count). The average Bonchev–Trinajstić information content (AvgIpc) is 3.34. The summed E-state index contributed by atoms with van der Waals surface area (Å²) in [6, 6.07) is 14.9. The van der Waals surface area contributed by atoms with Crippen molar-refractivity contribution in [2.24, 2.45) is 17.8 Å². The maximum absolute atomic E-state index is 14.9. The molecular formula is C35H41N3O6. The minimum absolute atomic E-state index is 0.101. The molecule has 2 aromatic rings. The third-order valence-corrected chi connectivity index (χ3v) is 10.2. The van der Waals surface area contributed by atoms with Crippen molar-refractivity contribution >= 4 is 29.1 Å². The Labute approximate surface area is 258 Å². The van der Waals surface area contributed by atoms with Crippen molar-refractivity contribution in [2.45, 2.75) is 56.9 Å². The molecule has 0 saturated carbocycles. The lowest BCUT2D eigenvalue weighted by atomic mass is 9.73. The van der Waals surface area contributed by atoms with Crippen LogP contribution in [0.25, 0.3) is 0 Å². The summed E-state index contributed by atoms with van der Waals surface area (Å²) in [5.74, 6) is -2.11. The van der Waals surface area contributed by atoms with Gasteiger partial charge in [-0.05, 0) is 48.7 Å². The molecule has 44 heavy (non-hydrogen) atoms. The second-order valence-corrected chi connectivity index (χ2v) is 12.2. The van der Waals surface area contributed by atoms with E-state index < -0.39 is 35.1 Å². The largest absolute Gasteiger partial charge is 0.497 e. The van der Waals surface area contributed by atoms with Gasteiger partial charge in [-0.3, -0.25) is 14.4 Å². The first-order valence-electron chi connectivity index (χ1n) is 15.6. The van der Waals surface area contributed by atoms with Crippen molar-refractivity contribution in [3.8, 4) is 5.75 Å². The summed E-state index contributed by atoms with van der Waals surface area (Å²) < 4.78 is 12.4. The number of fused-ring (bicyclic) bond motifs is 2. The minimum Gasteiger partial charge on any atom is -0.497 e. The molecule has 0 radical (unpaired) electrons. The monoisotopic (exact) mass is 599 g/mol. The summed E-state index contributed by atoms with van der Waals surface area (Å²) in [4.78, 5) is 49.3. The summed E-state index contributed by atoms with van der Waals surface area (Å²) in [5.41, 5.74) is -1.10. The molecule has 2 fully saturated rings. The summed E-state index contributed by atoms with van der Waals surface area (Å²) >= 11 is 0. The number of amides is 3. The summed E-state index contributed by atoms with van der Waals surface area (Å²) in [6.07, 6.45) is 8.74. The van der Waals surface area contributed by atoms with E-state index in [1.807, 2.05) is 87.5 Å². The number of carbonyl (C=O) groups is 3. The number of methoxy groups -OCH3 is 1. The first-order chi connectivity index (χ1) is 21.3. The lowest BCUT2D eigenvalue weighted by molar-refractivity contribution is -0.150. The molecular weight excluding hydrogens is 558 g/mol. The van der Waals surface area contributed by atoms with Gasteiger partial charge in [0.1, 0.15) is 17.4 Å². The van der Waals surface area contributed by atoms with Gasteiger partial charge in [0.05, 0.1) is 37.2 Å². The van der Waals surface area contributed by atoms with E-state index >= 15 is 0 Å². The minimum atomic E-state index is -1.41. The third kappa shape index (κ3) is 4.39. The fraction of sp³-hybridized carbons (Fsp3) is 0.457. The molecule has 3 amide bonds. The molecule has 2 saturated heterocycles. The smallest absolute Gasteiger partial charge is 0.253 e. The van der Waals surface area contributed by atoms with E-state index in [0.29, 0.717) is 30.8 Å². The van der Waals surface area contributed by atoms with Crippen LogP contribution in [0.15, 0.2) is 78.9 Å². The highest BCUT2D eigenvalue weighted by Gasteiger charge is 2.76. The predicted octanol–water partition coefficient (Wildman–Crippen LogP) is 3.97. The van der Waals surface area contributed by atoms with E-state index in [1.165, 1.54) is 0 Å². The maximum Gasteiger partial charge on any atom is 0.253 e. The van der Waals surface area contributed by atoms with Gasteiger partial charge in [0, 0.05) is 24.5 Å². The first kappa shape index (κ1) is 30.1. The van der Waals surface area contributed by atoms with Crippen molar-refractivity contribution in [1.29, 1.82) is 0 Å². The summed E-state index contributed by atoms with van der Waals surface area (Å²) in [7, 11) is 1.59. The topological polar surface area (TPSA) is 99.6 Å². The van der Waals surface area contributed by atoms with Gasteiger partial charge in [-0.2, -0.15) is 0 Å². The Balaban J connectivity index is 1.52. The number of hydrogen-bond acceptors (Lipinski definition) is 6. The molecule has 1 unspecified atom stereocenters. The number of para-hydroxylation sites is 1. The average molecular weight is 600 g/mol. The van der Waals surface area contributed by atoms with Gasteiger partial charge in [-0.15, -0.1) is 0 Å². The molecule has 4 aliphatic rings. The lowest BCUT2D eigenvalue weighted by Gasteiger charge is -2.42. The van der Waals surface area contributed by atoms with Crippen LogP contribution in [0, 0.1) is 17.8 Å². The molecule has 9 heteroatoms. The normalized spacial score (nSPS) is 30.9. The fourth-order valence-corrected chi connectivity index (χ4v) is 7.71. The van der Waals surface area contributed by atoms with Crippen LogP contribution in [0.1, 0.15) is 33.6 Å². The zero-order valence-electron chi connectivity index (χ0n) is 25.8. The Morgan fingerprint density at radius 3 is 2.14 bits per heavy atom. The fourth-order valence-electron chi connectivity index (χ4n) is 7.71. The Kier molecular flexibility index (Phi) is 7.88. The second kappa shape index (κ2) is 11.5. The van der Waals surface area contributed by atoms with E-state index in [1.54, 1.807) is 33.9 Å². The number of anilines is 2. The van der Waals surface area contributed by atoms with Crippen LogP contribution in [0.5, 0.6) is 5.75 Å². The highest BCUT2D eigenvalue weighted by Crippen LogP contribution is 2.59. The van der Waals surface area contributed by atoms with Crippen molar-refractivity contribution in [2.75, 3.05) is 36.6 Å². The summed E-state index contributed by atoms with van der Waals surface area (Å²) in [6.45, 7) is 6.22. The number of aliphatic hydroxyl groups excluding tert-OH is 1. The SMILES string of the molecule is CC[C@H](C)[C@H](CO)N1C(=O)[C@@H]2[C@@H]3C(=O)N(c4ccccc4)CC=C[C@]3(CC)O[C@@]23C=CCN(c2ccc(OC)cc2)C(=O)C13.